The summed E-state index contributed by atoms with van der Waals surface area (Å²) in [7, 11) is 1.69. The molecular formula is C29H29N3O4S2. The Labute approximate surface area is 229 Å². The van der Waals surface area contributed by atoms with Gasteiger partial charge in [-0.3, -0.25) is 14.2 Å². The highest BCUT2D eigenvalue weighted by molar-refractivity contribution is 7.99. The summed E-state index contributed by atoms with van der Waals surface area (Å²) in [4.78, 5) is 44.2. The first-order valence-electron chi connectivity index (χ1n) is 12.7. The predicted molar refractivity (Wildman–Crippen MR) is 152 cm³/mol. The Morgan fingerprint density at radius 3 is 2.71 bits per heavy atom. The summed E-state index contributed by atoms with van der Waals surface area (Å²) in [5.74, 6) is 0.258. The van der Waals surface area contributed by atoms with Crippen LogP contribution in [0.1, 0.15) is 52.0 Å². The van der Waals surface area contributed by atoms with Crippen LogP contribution in [0.3, 0.4) is 0 Å². The lowest BCUT2D eigenvalue weighted by molar-refractivity contribution is -0.115. The van der Waals surface area contributed by atoms with Crippen molar-refractivity contribution in [2.45, 2.75) is 43.7 Å². The Morgan fingerprint density at radius 2 is 1.92 bits per heavy atom. The summed E-state index contributed by atoms with van der Waals surface area (Å²) in [6.45, 7) is 2.06. The van der Waals surface area contributed by atoms with Gasteiger partial charge < -0.3 is 10.1 Å². The van der Waals surface area contributed by atoms with Gasteiger partial charge in [-0.1, -0.05) is 54.2 Å². The number of amides is 1. The standard InChI is InChI=1S/C29H29N3O4S2/c1-3-36-28(35)25-21-14-13-19(18-9-5-4-6-10-18)17-23(21)38-26(25)31-24(33)15-16-37-29-30-22-12-8-7-11-20(22)27(34)32(29)2/h4-12,19H,3,13-17H2,1-2H3,(H,31,33). The normalized spacial score (nSPS) is 14.7. The number of fused-ring (bicyclic) bond motifs is 2. The number of thiophene rings is 1. The zero-order chi connectivity index (χ0) is 26.6. The monoisotopic (exact) mass is 547 g/mol. The highest BCUT2D eigenvalue weighted by Crippen LogP contribution is 2.43. The highest BCUT2D eigenvalue weighted by atomic mass is 32.2. The Bertz CT molecular complexity index is 1540. The van der Waals surface area contributed by atoms with Crippen LogP contribution in [-0.4, -0.2) is 33.8 Å². The van der Waals surface area contributed by atoms with Gasteiger partial charge in [0.25, 0.3) is 5.56 Å². The second kappa shape index (κ2) is 11.5. The molecule has 38 heavy (non-hydrogen) atoms. The number of esters is 1. The Kier molecular flexibility index (Phi) is 7.95. The maximum atomic E-state index is 12.9. The molecule has 0 fully saturated rings. The summed E-state index contributed by atoms with van der Waals surface area (Å²) in [6.07, 6.45) is 2.77. The molecule has 1 aliphatic carbocycles. The minimum absolute atomic E-state index is 0.111. The van der Waals surface area contributed by atoms with Crippen LogP contribution in [0.25, 0.3) is 10.9 Å². The zero-order valence-corrected chi connectivity index (χ0v) is 23.0. The van der Waals surface area contributed by atoms with E-state index in [2.05, 4.69) is 34.6 Å². The van der Waals surface area contributed by atoms with Crippen LogP contribution in [-0.2, 0) is 29.4 Å². The summed E-state index contributed by atoms with van der Waals surface area (Å²) in [5, 5.41) is 4.67. The number of hydrogen-bond donors (Lipinski definition) is 1. The fourth-order valence-corrected chi connectivity index (χ4v) is 7.09. The molecule has 2 heterocycles. The molecule has 1 unspecified atom stereocenters. The molecule has 5 rings (SSSR count). The van der Waals surface area contributed by atoms with Crippen LogP contribution in [0.15, 0.2) is 64.5 Å². The summed E-state index contributed by atoms with van der Waals surface area (Å²) < 4.78 is 6.87. The number of para-hydroxylation sites is 1. The van der Waals surface area contributed by atoms with E-state index in [4.69, 9.17) is 4.74 Å². The van der Waals surface area contributed by atoms with E-state index in [9.17, 15) is 14.4 Å². The number of aromatic nitrogens is 2. The van der Waals surface area contributed by atoms with Gasteiger partial charge in [0, 0.05) is 24.1 Å². The van der Waals surface area contributed by atoms with E-state index in [-0.39, 0.29) is 30.5 Å². The number of rotatable bonds is 8. The number of ether oxygens (including phenoxy) is 1. The molecule has 9 heteroatoms. The third-order valence-electron chi connectivity index (χ3n) is 6.77. The lowest BCUT2D eigenvalue weighted by atomic mass is 9.83. The Morgan fingerprint density at radius 1 is 1.16 bits per heavy atom. The fraction of sp³-hybridized carbons (Fsp3) is 0.310. The van der Waals surface area contributed by atoms with Crippen LogP contribution in [0, 0.1) is 0 Å². The third kappa shape index (κ3) is 5.39. The van der Waals surface area contributed by atoms with Crippen molar-refractivity contribution in [2.75, 3.05) is 17.7 Å². The Balaban J connectivity index is 1.30. The number of nitrogens with zero attached hydrogens (tertiary/aromatic N) is 2. The fourth-order valence-electron chi connectivity index (χ4n) is 4.85. The average molecular weight is 548 g/mol. The highest BCUT2D eigenvalue weighted by Gasteiger charge is 2.30. The van der Waals surface area contributed by atoms with Crippen LogP contribution in [0.2, 0.25) is 0 Å². The molecule has 0 saturated carbocycles. The van der Waals surface area contributed by atoms with Crippen molar-refractivity contribution in [1.29, 1.82) is 0 Å². The van der Waals surface area contributed by atoms with Crippen molar-refractivity contribution < 1.29 is 14.3 Å². The Hall–Kier alpha value is -3.43. The van der Waals surface area contributed by atoms with E-state index in [1.165, 1.54) is 33.2 Å². The van der Waals surface area contributed by atoms with Crippen molar-refractivity contribution in [1.82, 2.24) is 9.55 Å². The quantitative estimate of drug-likeness (QED) is 0.176. The second-order valence-electron chi connectivity index (χ2n) is 9.20. The topological polar surface area (TPSA) is 90.3 Å². The van der Waals surface area contributed by atoms with Crippen molar-refractivity contribution in [3.05, 3.63) is 86.5 Å². The molecular weight excluding hydrogens is 518 g/mol. The minimum atomic E-state index is -0.386. The van der Waals surface area contributed by atoms with Crippen molar-refractivity contribution in [3.8, 4) is 0 Å². The molecule has 0 saturated heterocycles. The lowest BCUT2D eigenvalue weighted by Gasteiger charge is -2.23. The number of carbonyl (C=O) groups is 2. The molecule has 1 atom stereocenters. The number of hydrogen-bond acceptors (Lipinski definition) is 7. The third-order valence-corrected chi connectivity index (χ3v) is 8.97. The summed E-state index contributed by atoms with van der Waals surface area (Å²) in [5.41, 5.74) is 3.32. The van der Waals surface area contributed by atoms with E-state index >= 15 is 0 Å². The number of benzene rings is 2. The van der Waals surface area contributed by atoms with E-state index in [1.54, 1.807) is 20.0 Å². The van der Waals surface area contributed by atoms with E-state index in [1.807, 2.05) is 24.3 Å². The second-order valence-corrected chi connectivity index (χ2v) is 11.4. The van der Waals surface area contributed by atoms with Gasteiger partial charge in [0.05, 0.1) is 23.1 Å². The van der Waals surface area contributed by atoms with Gasteiger partial charge in [-0.15, -0.1) is 11.3 Å². The molecule has 1 amide bonds. The largest absolute Gasteiger partial charge is 0.462 e. The zero-order valence-electron chi connectivity index (χ0n) is 21.4. The van der Waals surface area contributed by atoms with Crippen molar-refractivity contribution in [3.63, 3.8) is 0 Å². The van der Waals surface area contributed by atoms with Gasteiger partial charge in [0.1, 0.15) is 5.00 Å². The number of nitrogens with one attached hydrogen (secondary N) is 1. The first-order valence-corrected chi connectivity index (χ1v) is 14.5. The maximum Gasteiger partial charge on any atom is 0.341 e. The van der Waals surface area contributed by atoms with Crippen LogP contribution < -0.4 is 10.9 Å². The number of anilines is 1. The molecule has 0 bridgehead atoms. The molecule has 2 aromatic carbocycles. The van der Waals surface area contributed by atoms with Gasteiger partial charge in [0.2, 0.25) is 5.91 Å². The molecule has 2 aromatic heterocycles. The molecule has 7 nitrogen and oxygen atoms in total. The SMILES string of the molecule is CCOC(=O)c1c(NC(=O)CCSc2nc3ccccc3c(=O)n2C)sc2c1CCC(c1ccccc1)C2. The first-order chi connectivity index (χ1) is 18.5. The van der Waals surface area contributed by atoms with Gasteiger partial charge in [-0.25, -0.2) is 9.78 Å². The van der Waals surface area contributed by atoms with Gasteiger partial charge in [0.15, 0.2) is 5.16 Å². The van der Waals surface area contributed by atoms with Gasteiger partial charge in [-0.05, 0) is 55.4 Å². The predicted octanol–water partition coefficient (Wildman–Crippen LogP) is 5.57. The van der Waals surface area contributed by atoms with E-state index in [0.29, 0.717) is 38.3 Å². The molecule has 4 aromatic rings. The van der Waals surface area contributed by atoms with Crippen molar-refractivity contribution >= 4 is 50.9 Å². The molecule has 1 N–H and O–H groups in total. The van der Waals surface area contributed by atoms with Crippen LogP contribution in [0.4, 0.5) is 5.00 Å². The lowest BCUT2D eigenvalue weighted by Crippen LogP contribution is -2.20. The maximum absolute atomic E-state index is 12.9. The molecule has 196 valence electrons. The molecule has 1 aliphatic rings. The van der Waals surface area contributed by atoms with Crippen molar-refractivity contribution in [2.24, 2.45) is 7.05 Å². The van der Waals surface area contributed by atoms with Crippen LogP contribution in [0.5, 0.6) is 0 Å². The van der Waals surface area contributed by atoms with Gasteiger partial charge >= 0.3 is 5.97 Å². The average Bonchev–Trinajstić information content (AvgIpc) is 3.29. The number of thioether (sulfide) groups is 1. The van der Waals surface area contributed by atoms with E-state index in [0.717, 1.165) is 29.7 Å². The number of carbonyl (C=O) groups excluding carboxylic acids is 2. The molecule has 0 aliphatic heterocycles. The van der Waals surface area contributed by atoms with Gasteiger partial charge in [-0.2, -0.15) is 0 Å². The first kappa shape index (κ1) is 26.2. The smallest absolute Gasteiger partial charge is 0.341 e. The molecule has 0 radical (unpaired) electrons. The summed E-state index contributed by atoms with van der Waals surface area (Å²) in [6, 6.07) is 17.7. The van der Waals surface area contributed by atoms with E-state index < -0.39 is 0 Å². The molecule has 0 spiro atoms. The minimum Gasteiger partial charge on any atom is -0.462 e. The summed E-state index contributed by atoms with van der Waals surface area (Å²) >= 11 is 2.84. The van der Waals surface area contributed by atoms with Crippen LogP contribution >= 0.6 is 23.1 Å².